The topological polar surface area (TPSA) is 103 Å². The van der Waals surface area contributed by atoms with Crippen LogP contribution >= 0.6 is 0 Å². The summed E-state index contributed by atoms with van der Waals surface area (Å²) in [4.78, 5) is 24.3. The standard InChI is InChI=1S/C23H27NO7/c1-28-10-11-29-12-13-30-22(26)21(14-25)24-23(27)31-15-20-18-8-4-2-6-16(18)17-7-3-5-9-19(17)20/h2-9,20-21,25H,10-15H2,1H3,(H,24,27)/t21-/m0/s1. The maximum Gasteiger partial charge on any atom is 0.407 e. The van der Waals surface area contributed by atoms with Crippen molar-refractivity contribution in [1.29, 1.82) is 0 Å². The van der Waals surface area contributed by atoms with E-state index in [1.807, 2.05) is 48.5 Å². The summed E-state index contributed by atoms with van der Waals surface area (Å²) < 4.78 is 20.4. The normalized spacial score (nSPS) is 13.2. The summed E-state index contributed by atoms with van der Waals surface area (Å²) in [5.41, 5.74) is 4.42. The molecule has 8 nitrogen and oxygen atoms in total. The van der Waals surface area contributed by atoms with Crippen molar-refractivity contribution in [2.24, 2.45) is 0 Å². The lowest BCUT2D eigenvalue weighted by Crippen LogP contribution is -2.45. The fourth-order valence-electron chi connectivity index (χ4n) is 3.51. The molecule has 1 amide bonds. The molecule has 0 aromatic heterocycles. The molecule has 1 aliphatic rings. The molecule has 2 aromatic carbocycles. The quantitative estimate of drug-likeness (QED) is 0.416. The van der Waals surface area contributed by atoms with Gasteiger partial charge in [0.1, 0.15) is 13.2 Å². The number of amides is 1. The number of ether oxygens (including phenoxy) is 4. The van der Waals surface area contributed by atoms with Gasteiger partial charge in [-0.2, -0.15) is 0 Å². The molecule has 31 heavy (non-hydrogen) atoms. The summed E-state index contributed by atoms with van der Waals surface area (Å²) in [5, 5.41) is 11.8. The smallest absolute Gasteiger partial charge is 0.407 e. The van der Waals surface area contributed by atoms with Gasteiger partial charge in [0, 0.05) is 13.0 Å². The molecule has 0 aliphatic heterocycles. The molecule has 0 radical (unpaired) electrons. The lowest BCUT2D eigenvalue weighted by atomic mass is 9.98. The average molecular weight is 429 g/mol. The van der Waals surface area contributed by atoms with Crippen molar-refractivity contribution in [3.8, 4) is 11.1 Å². The molecule has 0 heterocycles. The van der Waals surface area contributed by atoms with E-state index in [9.17, 15) is 14.7 Å². The van der Waals surface area contributed by atoms with Crippen LogP contribution in [0, 0.1) is 0 Å². The molecule has 1 aliphatic carbocycles. The van der Waals surface area contributed by atoms with Gasteiger partial charge in [0.25, 0.3) is 0 Å². The highest BCUT2D eigenvalue weighted by atomic mass is 16.6. The van der Waals surface area contributed by atoms with Crippen molar-refractivity contribution in [2.75, 3.05) is 46.8 Å². The third-order valence-electron chi connectivity index (χ3n) is 5.01. The Kier molecular flexibility index (Phi) is 8.40. The molecule has 2 aromatic rings. The SMILES string of the molecule is COCCOCCOC(=O)[C@H](CO)NC(=O)OCC1c2ccccc2-c2ccccc21. The Morgan fingerprint density at radius 3 is 2.16 bits per heavy atom. The number of benzene rings is 2. The maximum absolute atomic E-state index is 12.3. The van der Waals surface area contributed by atoms with Gasteiger partial charge in [-0.3, -0.25) is 0 Å². The number of aliphatic hydroxyl groups is 1. The Morgan fingerprint density at radius 1 is 0.935 bits per heavy atom. The van der Waals surface area contributed by atoms with E-state index in [0.29, 0.717) is 13.2 Å². The fourth-order valence-corrected chi connectivity index (χ4v) is 3.51. The van der Waals surface area contributed by atoms with E-state index in [4.69, 9.17) is 18.9 Å². The van der Waals surface area contributed by atoms with Gasteiger partial charge in [0.15, 0.2) is 6.04 Å². The first-order valence-electron chi connectivity index (χ1n) is 10.1. The molecule has 2 N–H and O–H groups in total. The largest absolute Gasteiger partial charge is 0.462 e. The van der Waals surface area contributed by atoms with Crippen molar-refractivity contribution in [3.05, 3.63) is 59.7 Å². The molecular formula is C23H27NO7. The number of carbonyl (C=O) groups excluding carboxylic acids is 2. The predicted octanol–water partition coefficient (Wildman–Crippen LogP) is 2.09. The number of fused-ring (bicyclic) bond motifs is 3. The lowest BCUT2D eigenvalue weighted by Gasteiger charge is -2.18. The van der Waals surface area contributed by atoms with Crippen LogP contribution in [0.2, 0.25) is 0 Å². The van der Waals surface area contributed by atoms with Crippen LogP contribution in [0.15, 0.2) is 48.5 Å². The molecule has 166 valence electrons. The highest BCUT2D eigenvalue weighted by Gasteiger charge is 2.29. The second-order valence-corrected chi connectivity index (χ2v) is 6.98. The molecule has 0 spiro atoms. The Labute approximate surface area is 181 Å². The van der Waals surface area contributed by atoms with Gasteiger partial charge in [0.2, 0.25) is 0 Å². The molecule has 0 saturated carbocycles. The zero-order valence-corrected chi connectivity index (χ0v) is 17.4. The molecule has 0 fully saturated rings. The van der Waals surface area contributed by atoms with Crippen LogP contribution in [0.25, 0.3) is 11.1 Å². The van der Waals surface area contributed by atoms with Crippen molar-refractivity contribution in [3.63, 3.8) is 0 Å². The third kappa shape index (κ3) is 5.81. The Morgan fingerprint density at radius 2 is 1.55 bits per heavy atom. The van der Waals surface area contributed by atoms with Crippen LogP contribution in [0.4, 0.5) is 4.79 Å². The highest BCUT2D eigenvalue weighted by Crippen LogP contribution is 2.44. The van der Waals surface area contributed by atoms with Crippen LogP contribution < -0.4 is 5.32 Å². The second kappa shape index (κ2) is 11.5. The summed E-state index contributed by atoms with van der Waals surface area (Å²) in [7, 11) is 1.56. The van der Waals surface area contributed by atoms with Gasteiger partial charge in [-0.25, -0.2) is 9.59 Å². The lowest BCUT2D eigenvalue weighted by molar-refractivity contribution is -0.148. The number of carbonyl (C=O) groups is 2. The number of hydrogen-bond acceptors (Lipinski definition) is 7. The molecule has 3 rings (SSSR count). The van der Waals surface area contributed by atoms with E-state index in [1.165, 1.54) is 0 Å². The highest BCUT2D eigenvalue weighted by molar-refractivity contribution is 5.82. The summed E-state index contributed by atoms with van der Waals surface area (Å²) >= 11 is 0. The van der Waals surface area contributed by atoms with Gasteiger partial charge >= 0.3 is 12.1 Å². The number of methoxy groups -OCH3 is 1. The molecule has 1 atom stereocenters. The second-order valence-electron chi connectivity index (χ2n) is 6.98. The first-order valence-corrected chi connectivity index (χ1v) is 10.1. The third-order valence-corrected chi connectivity index (χ3v) is 5.01. The maximum atomic E-state index is 12.3. The van der Waals surface area contributed by atoms with Crippen LogP contribution in [-0.4, -0.2) is 70.0 Å². The number of nitrogens with one attached hydrogen (secondary N) is 1. The molecule has 0 saturated heterocycles. The van der Waals surface area contributed by atoms with Gasteiger partial charge < -0.3 is 29.4 Å². The number of esters is 1. The Hall–Kier alpha value is -2.94. The van der Waals surface area contributed by atoms with Gasteiger partial charge in [0.05, 0.1) is 26.4 Å². The van der Waals surface area contributed by atoms with E-state index in [1.54, 1.807) is 7.11 Å². The zero-order chi connectivity index (χ0) is 22.1. The average Bonchev–Trinajstić information content (AvgIpc) is 3.12. The fraction of sp³-hybridized carbons (Fsp3) is 0.391. The van der Waals surface area contributed by atoms with Crippen molar-refractivity contribution in [1.82, 2.24) is 5.32 Å². The van der Waals surface area contributed by atoms with E-state index in [-0.39, 0.29) is 25.7 Å². The zero-order valence-electron chi connectivity index (χ0n) is 17.4. The molecular weight excluding hydrogens is 402 g/mol. The van der Waals surface area contributed by atoms with Crippen molar-refractivity contribution < 1.29 is 33.6 Å². The summed E-state index contributed by atoms with van der Waals surface area (Å²) in [6.07, 6.45) is -0.797. The minimum Gasteiger partial charge on any atom is -0.462 e. The number of alkyl carbamates (subject to hydrolysis) is 1. The van der Waals surface area contributed by atoms with E-state index < -0.39 is 24.7 Å². The van der Waals surface area contributed by atoms with Crippen molar-refractivity contribution in [2.45, 2.75) is 12.0 Å². The number of hydrogen-bond donors (Lipinski definition) is 2. The summed E-state index contributed by atoms with van der Waals surface area (Å²) in [5.74, 6) is -0.853. The van der Waals surface area contributed by atoms with E-state index >= 15 is 0 Å². The molecule has 8 heteroatoms. The Balaban J connectivity index is 1.50. The number of aliphatic hydroxyl groups excluding tert-OH is 1. The van der Waals surface area contributed by atoms with Gasteiger partial charge in [-0.1, -0.05) is 48.5 Å². The van der Waals surface area contributed by atoms with Crippen LogP contribution in [0.3, 0.4) is 0 Å². The van der Waals surface area contributed by atoms with Gasteiger partial charge in [-0.05, 0) is 22.3 Å². The first kappa shape index (κ1) is 22.7. The minimum atomic E-state index is -1.21. The minimum absolute atomic E-state index is 0.00537. The summed E-state index contributed by atoms with van der Waals surface area (Å²) in [6, 6.07) is 14.8. The Bertz CT molecular complexity index is 840. The number of rotatable bonds is 11. The van der Waals surface area contributed by atoms with Gasteiger partial charge in [-0.15, -0.1) is 0 Å². The van der Waals surface area contributed by atoms with E-state index in [0.717, 1.165) is 22.3 Å². The van der Waals surface area contributed by atoms with Crippen molar-refractivity contribution >= 4 is 12.1 Å². The van der Waals surface area contributed by atoms with Crippen LogP contribution in [0.1, 0.15) is 17.0 Å². The van der Waals surface area contributed by atoms with E-state index in [2.05, 4.69) is 5.32 Å². The van der Waals surface area contributed by atoms with Crippen LogP contribution in [-0.2, 0) is 23.7 Å². The molecule has 0 bridgehead atoms. The first-order chi connectivity index (χ1) is 15.2. The predicted molar refractivity (Wildman–Crippen MR) is 113 cm³/mol. The monoisotopic (exact) mass is 429 g/mol. The van der Waals surface area contributed by atoms with Crippen LogP contribution in [0.5, 0.6) is 0 Å². The summed E-state index contributed by atoms with van der Waals surface area (Å²) in [6.45, 7) is 0.531. The molecule has 0 unspecified atom stereocenters.